The molecule has 1 atom stereocenters. The van der Waals surface area contributed by atoms with Crippen LogP contribution in [0.3, 0.4) is 0 Å². The van der Waals surface area contributed by atoms with Gasteiger partial charge in [-0.1, -0.05) is 44.2 Å². The molecule has 5 nitrogen and oxygen atoms in total. The second-order valence-corrected chi connectivity index (χ2v) is 6.64. The summed E-state index contributed by atoms with van der Waals surface area (Å²) in [6.45, 7) is 5.81. The molecule has 3 rings (SSSR count). The Balaban J connectivity index is 2.35. The van der Waals surface area contributed by atoms with E-state index >= 15 is 0 Å². The first-order valence-corrected chi connectivity index (χ1v) is 9.35. The monoisotopic (exact) mass is 363 g/mol. The van der Waals surface area contributed by atoms with E-state index in [1.54, 1.807) is 22.6 Å². The molecule has 1 unspecified atom stereocenters. The number of rotatable bonds is 5. The van der Waals surface area contributed by atoms with Crippen LogP contribution >= 0.6 is 0 Å². The predicted octanol–water partition coefficient (Wildman–Crippen LogP) is 3.88. The Labute approximate surface area is 159 Å². The van der Waals surface area contributed by atoms with Gasteiger partial charge in [0.1, 0.15) is 5.82 Å². The molecule has 1 aromatic heterocycles. The van der Waals surface area contributed by atoms with Crippen LogP contribution in [-0.4, -0.2) is 27.4 Å². The van der Waals surface area contributed by atoms with E-state index in [-0.39, 0.29) is 17.5 Å². The lowest BCUT2D eigenvalue weighted by Gasteiger charge is -2.27. The number of carbonyl (C=O) groups is 1. The van der Waals surface area contributed by atoms with Gasteiger partial charge in [0.25, 0.3) is 5.56 Å². The van der Waals surface area contributed by atoms with Gasteiger partial charge in [0, 0.05) is 13.5 Å². The summed E-state index contributed by atoms with van der Waals surface area (Å²) in [5.41, 5.74) is 2.42. The van der Waals surface area contributed by atoms with E-state index in [9.17, 15) is 9.59 Å². The van der Waals surface area contributed by atoms with Crippen molar-refractivity contribution in [1.82, 2.24) is 14.5 Å². The smallest absolute Gasteiger partial charge is 0.266 e. The lowest BCUT2D eigenvalue weighted by Crippen LogP contribution is -2.34. The van der Waals surface area contributed by atoms with Gasteiger partial charge in [0.15, 0.2) is 0 Å². The highest BCUT2D eigenvalue weighted by atomic mass is 16.2. The second-order valence-electron chi connectivity index (χ2n) is 6.64. The molecule has 0 aliphatic carbocycles. The molecule has 3 aromatic rings. The van der Waals surface area contributed by atoms with Crippen LogP contribution in [0, 0.1) is 0 Å². The van der Waals surface area contributed by atoms with Crippen LogP contribution in [0.15, 0.2) is 53.3 Å². The first-order chi connectivity index (χ1) is 13.0. The minimum Gasteiger partial charge on any atom is -0.336 e. The molecule has 0 aliphatic heterocycles. The Bertz CT molecular complexity index is 1040. The lowest BCUT2D eigenvalue weighted by atomic mass is 10.1. The van der Waals surface area contributed by atoms with Crippen LogP contribution in [0.5, 0.6) is 0 Å². The highest BCUT2D eigenvalue weighted by molar-refractivity contribution is 5.78. The standard InChI is InChI=1S/C22H25N3O2/c1-5-16-11-7-10-14-19(16)25-21(15(3)24(4)20(26)6-2)23-18-13-9-8-12-17(18)22(25)27/h7-15H,5-6H2,1-4H3. The molecule has 1 heterocycles. The topological polar surface area (TPSA) is 55.2 Å². The first kappa shape index (κ1) is 18.8. The van der Waals surface area contributed by atoms with Crippen LogP contribution < -0.4 is 5.56 Å². The van der Waals surface area contributed by atoms with E-state index in [0.29, 0.717) is 23.1 Å². The Morgan fingerprint density at radius 1 is 1.11 bits per heavy atom. The number of amides is 1. The Kier molecular flexibility index (Phi) is 5.40. The van der Waals surface area contributed by atoms with E-state index in [1.165, 1.54) is 0 Å². The van der Waals surface area contributed by atoms with Crippen molar-refractivity contribution in [3.63, 3.8) is 0 Å². The molecule has 27 heavy (non-hydrogen) atoms. The van der Waals surface area contributed by atoms with E-state index in [1.807, 2.05) is 56.3 Å². The number of para-hydroxylation sites is 2. The van der Waals surface area contributed by atoms with E-state index in [4.69, 9.17) is 4.98 Å². The van der Waals surface area contributed by atoms with Crippen LogP contribution in [0.25, 0.3) is 16.6 Å². The average molecular weight is 363 g/mol. The number of aryl methyl sites for hydroxylation is 1. The summed E-state index contributed by atoms with van der Waals surface area (Å²) in [4.78, 5) is 32.1. The molecule has 0 saturated carbocycles. The molecule has 0 fully saturated rings. The third-order valence-corrected chi connectivity index (χ3v) is 5.07. The number of hydrogen-bond donors (Lipinski definition) is 0. The van der Waals surface area contributed by atoms with E-state index < -0.39 is 0 Å². The minimum atomic E-state index is -0.334. The second kappa shape index (κ2) is 7.74. The summed E-state index contributed by atoms with van der Waals surface area (Å²) in [5, 5.41) is 0.573. The largest absolute Gasteiger partial charge is 0.336 e. The number of hydrogen-bond acceptors (Lipinski definition) is 3. The first-order valence-electron chi connectivity index (χ1n) is 9.35. The summed E-state index contributed by atoms with van der Waals surface area (Å²) < 4.78 is 1.67. The molecule has 2 aromatic carbocycles. The maximum atomic E-state index is 13.4. The highest BCUT2D eigenvalue weighted by Gasteiger charge is 2.24. The van der Waals surface area contributed by atoms with Crippen molar-refractivity contribution in [2.24, 2.45) is 0 Å². The normalized spacial score (nSPS) is 12.1. The molecular weight excluding hydrogens is 338 g/mol. The fraction of sp³-hybridized carbons (Fsp3) is 0.318. The number of fused-ring (bicyclic) bond motifs is 1. The van der Waals surface area contributed by atoms with Gasteiger partial charge in [-0.05, 0) is 37.1 Å². The minimum absolute atomic E-state index is 0.0141. The van der Waals surface area contributed by atoms with Gasteiger partial charge >= 0.3 is 0 Å². The molecule has 0 spiro atoms. The molecule has 0 aliphatic rings. The third kappa shape index (κ3) is 3.37. The molecule has 0 saturated heterocycles. The van der Waals surface area contributed by atoms with Crippen molar-refractivity contribution >= 4 is 16.8 Å². The molecule has 5 heteroatoms. The van der Waals surface area contributed by atoms with Gasteiger partial charge in [-0.2, -0.15) is 0 Å². The summed E-state index contributed by atoms with van der Waals surface area (Å²) >= 11 is 0. The molecule has 140 valence electrons. The van der Waals surface area contributed by atoms with Crippen molar-refractivity contribution in [3.05, 3.63) is 70.3 Å². The summed E-state index contributed by atoms with van der Waals surface area (Å²) in [5.74, 6) is 0.587. The number of aromatic nitrogens is 2. The van der Waals surface area contributed by atoms with Gasteiger partial charge in [-0.3, -0.25) is 14.2 Å². The van der Waals surface area contributed by atoms with Crippen molar-refractivity contribution < 1.29 is 4.79 Å². The summed E-state index contributed by atoms with van der Waals surface area (Å²) in [7, 11) is 1.76. The van der Waals surface area contributed by atoms with Gasteiger partial charge in [0.2, 0.25) is 5.91 Å². The maximum Gasteiger partial charge on any atom is 0.266 e. The number of benzene rings is 2. The third-order valence-electron chi connectivity index (χ3n) is 5.07. The van der Waals surface area contributed by atoms with Crippen LogP contribution in [-0.2, 0) is 11.2 Å². The summed E-state index contributed by atoms with van der Waals surface area (Å²) in [6, 6.07) is 14.9. The highest BCUT2D eigenvalue weighted by Crippen LogP contribution is 2.24. The van der Waals surface area contributed by atoms with Crippen molar-refractivity contribution in [3.8, 4) is 5.69 Å². The Morgan fingerprint density at radius 2 is 1.78 bits per heavy atom. The van der Waals surface area contributed by atoms with Gasteiger partial charge in [-0.25, -0.2) is 4.98 Å². The zero-order valence-electron chi connectivity index (χ0n) is 16.3. The molecule has 1 amide bonds. The van der Waals surface area contributed by atoms with E-state index in [0.717, 1.165) is 17.7 Å². The summed E-state index contributed by atoms with van der Waals surface area (Å²) in [6.07, 6.45) is 1.21. The lowest BCUT2D eigenvalue weighted by molar-refractivity contribution is -0.131. The molecular formula is C22H25N3O2. The van der Waals surface area contributed by atoms with Crippen molar-refractivity contribution in [2.75, 3.05) is 7.05 Å². The quantitative estimate of drug-likeness (QED) is 0.691. The van der Waals surface area contributed by atoms with Gasteiger partial charge in [0.05, 0.1) is 22.6 Å². The fourth-order valence-electron chi connectivity index (χ4n) is 3.33. The zero-order chi connectivity index (χ0) is 19.6. The Hall–Kier alpha value is -2.95. The van der Waals surface area contributed by atoms with Crippen LogP contribution in [0.4, 0.5) is 0 Å². The van der Waals surface area contributed by atoms with Crippen molar-refractivity contribution in [2.45, 2.75) is 39.7 Å². The Morgan fingerprint density at radius 3 is 2.48 bits per heavy atom. The SMILES string of the molecule is CCC(=O)N(C)C(C)c1nc2ccccc2c(=O)n1-c1ccccc1CC. The van der Waals surface area contributed by atoms with E-state index in [2.05, 4.69) is 6.92 Å². The molecule has 0 radical (unpaired) electrons. The van der Waals surface area contributed by atoms with Crippen molar-refractivity contribution in [1.29, 1.82) is 0 Å². The fourth-order valence-corrected chi connectivity index (χ4v) is 3.33. The number of carbonyl (C=O) groups excluding carboxylic acids is 1. The maximum absolute atomic E-state index is 13.4. The molecule has 0 bridgehead atoms. The predicted molar refractivity (Wildman–Crippen MR) is 108 cm³/mol. The molecule has 0 N–H and O–H groups in total. The average Bonchev–Trinajstić information content (AvgIpc) is 2.72. The van der Waals surface area contributed by atoms with Crippen LogP contribution in [0.1, 0.15) is 44.6 Å². The van der Waals surface area contributed by atoms with Gasteiger partial charge < -0.3 is 4.90 Å². The van der Waals surface area contributed by atoms with Gasteiger partial charge in [-0.15, -0.1) is 0 Å². The number of nitrogens with zero attached hydrogens (tertiary/aromatic N) is 3. The zero-order valence-corrected chi connectivity index (χ0v) is 16.3. The van der Waals surface area contributed by atoms with Crippen LogP contribution in [0.2, 0.25) is 0 Å².